The standard InChI is InChI=1S/C14H24O2/c1-4-5-6-7-12(15)14-11(3)8-10(2)9-13(14)16/h10-11,14H,4-9H2,1-3H3. The van der Waals surface area contributed by atoms with Crippen LogP contribution in [0.25, 0.3) is 0 Å². The number of hydrogen-bond donors (Lipinski definition) is 0. The van der Waals surface area contributed by atoms with Gasteiger partial charge in [-0.3, -0.25) is 9.59 Å². The minimum Gasteiger partial charge on any atom is -0.299 e. The van der Waals surface area contributed by atoms with Crippen LogP contribution in [-0.2, 0) is 9.59 Å². The number of unbranched alkanes of at least 4 members (excludes halogenated alkanes) is 2. The van der Waals surface area contributed by atoms with E-state index in [0.29, 0.717) is 18.8 Å². The van der Waals surface area contributed by atoms with E-state index in [1.54, 1.807) is 0 Å². The molecule has 1 aliphatic carbocycles. The number of hydrogen-bond acceptors (Lipinski definition) is 2. The van der Waals surface area contributed by atoms with Gasteiger partial charge in [0.25, 0.3) is 0 Å². The summed E-state index contributed by atoms with van der Waals surface area (Å²) in [4.78, 5) is 23.8. The molecule has 16 heavy (non-hydrogen) atoms. The van der Waals surface area contributed by atoms with E-state index < -0.39 is 0 Å². The summed E-state index contributed by atoms with van der Waals surface area (Å²) in [7, 11) is 0. The Morgan fingerprint density at radius 2 is 2.00 bits per heavy atom. The highest BCUT2D eigenvalue weighted by Crippen LogP contribution is 2.32. The molecule has 0 radical (unpaired) electrons. The van der Waals surface area contributed by atoms with Gasteiger partial charge >= 0.3 is 0 Å². The second-order valence-corrected chi connectivity index (χ2v) is 5.39. The third-order valence-electron chi connectivity index (χ3n) is 3.61. The van der Waals surface area contributed by atoms with Gasteiger partial charge in [0, 0.05) is 12.8 Å². The first kappa shape index (κ1) is 13.4. The van der Waals surface area contributed by atoms with Crippen molar-refractivity contribution in [3.8, 4) is 0 Å². The van der Waals surface area contributed by atoms with Crippen LogP contribution in [-0.4, -0.2) is 11.6 Å². The maximum absolute atomic E-state index is 12.0. The number of Topliss-reactive ketones (excluding diaryl/α,β-unsaturated/α-hetero) is 2. The highest BCUT2D eigenvalue weighted by molar-refractivity contribution is 6.03. The lowest BCUT2D eigenvalue weighted by Gasteiger charge is -2.30. The van der Waals surface area contributed by atoms with Gasteiger partial charge in [-0.25, -0.2) is 0 Å². The van der Waals surface area contributed by atoms with E-state index in [1.807, 2.05) is 0 Å². The SMILES string of the molecule is CCCCCC(=O)C1C(=O)CC(C)CC1C. The summed E-state index contributed by atoms with van der Waals surface area (Å²) in [6.45, 7) is 6.28. The van der Waals surface area contributed by atoms with Gasteiger partial charge in [0.05, 0.1) is 5.92 Å². The Morgan fingerprint density at radius 3 is 2.56 bits per heavy atom. The molecule has 92 valence electrons. The van der Waals surface area contributed by atoms with Crippen molar-refractivity contribution in [1.82, 2.24) is 0 Å². The molecule has 0 saturated heterocycles. The zero-order valence-electron chi connectivity index (χ0n) is 10.8. The van der Waals surface area contributed by atoms with Crippen LogP contribution in [0.3, 0.4) is 0 Å². The van der Waals surface area contributed by atoms with Crippen molar-refractivity contribution in [3.63, 3.8) is 0 Å². The minimum atomic E-state index is -0.284. The topological polar surface area (TPSA) is 34.1 Å². The summed E-state index contributed by atoms with van der Waals surface area (Å²) in [6.07, 6.45) is 5.39. The zero-order chi connectivity index (χ0) is 12.1. The van der Waals surface area contributed by atoms with Gasteiger partial charge in [0.1, 0.15) is 11.6 Å². The Bertz CT molecular complexity index is 257. The van der Waals surface area contributed by atoms with E-state index >= 15 is 0 Å². The lowest BCUT2D eigenvalue weighted by molar-refractivity contribution is -0.137. The van der Waals surface area contributed by atoms with Crippen LogP contribution in [0.15, 0.2) is 0 Å². The maximum atomic E-state index is 12.0. The summed E-state index contributed by atoms with van der Waals surface area (Å²) < 4.78 is 0. The summed E-state index contributed by atoms with van der Waals surface area (Å²) >= 11 is 0. The van der Waals surface area contributed by atoms with Crippen molar-refractivity contribution in [2.75, 3.05) is 0 Å². The fraction of sp³-hybridized carbons (Fsp3) is 0.857. The van der Waals surface area contributed by atoms with Crippen LogP contribution in [0.1, 0.15) is 59.3 Å². The quantitative estimate of drug-likeness (QED) is 0.530. The van der Waals surface area contributed by atoms with Crippen molar-refractivity contribution < 1.29 is 9.59 Å². The molecule has 2 heteroatoms. The lowest BCUT2D eigenvalue weighted by atomic mass is 9.72. The van der Waals surface area contributed by atoms with Crippen molar-refractivity contribution in [3.05, 3.63) is 0 Å². The average Bonchev–Trinajstić information content (AvgIpc) is 2.16. The molecule has 1 fully saturated rings. The van der Waals surface area contributed by atoms with Crippen LogP contribution < -0.4 is 0 Å². The number of ketones is 2. The smallest absolute Gasteiger partial charge is 0.143 e. The molecule has 0 aromatic rings. The third-order valence-corrected chi connectivity index (χ3v) is 3.61. The van der Waals surface area contributed by atoms with Crippen molar-refractivity contribution >= 4 is 11.6 Å². The number of carbonyl (C=O) groups is 2. The van der Waals surface area contributed by atoms with Crippen LogP contribution in [0.2, 0.25) is 0 Å². The predicted molar refractivity (Wildman–Crippen MR) is 65.2 cm³/mol. The van der Waals surface area contributed by atoms with Crippen molar-refractivity contribution in [2.24, 2.45) is 17.8 Å². The molecule has 1 aliphatic rings. The fourth-order valence-corrected chi connectivity index (χ4v) is 2.84. The highest BCUT2D eigenvalue weighted by Gasteiger charge is 2.36. The van der Waals surface area contributed by atoms with Gasteiger partial charge in [-0.05, 0) is 24.7 Å². The van der Waals surface area contributed by atoms with Gasteiger partial charge in [-0.2, -0.15) is 0 Å². The molecule has 2 nitrogen and oxygen atoms in total. The molecule has 0 aromatic carbocycles. The second-order valence-electron chi connectivity index (χ2n) is 5.39. The van der Waals surface area contributed by atoms with Crippen LogP contribution >= 0.6 is 0 Å². The molecule has 3 unspecified atom stereocenters. The van der Waals surface area contributed by atoms with Gasteiger partial charge in [0.2, 0.25) is 0 Å². The Kier molecular flexibility index (Phi) is 5.17. The summed E-state index contributed by atoms with van der Waals surface area (Å²) in [6, 6.07) is 0. The van der Waals surface area contributed by atoms with E-state index in [0.717, 1.165) is 25.7 Å². The summed E-state index contributed by atoms with van der Waals surface area (Å²) in [5.41, 5.74) is 0. The van der Waals surface area contributed by atoms with E-state index in [1.165, 1.54) is 0 Å². The minimum absolute atomic E-state index is 0.188. The fourth-order valence-electron chi connectivity index (χ4n) is 2.84. The van der Waals surface area contributed by atoms with Crippen LogP contribution in [0.5, 0.6) is 0 Å². The summed E-state index contributed by atoms with van der Waals surface area (Å²) in [5, 5.41) is 0. The monoisotopic (exact) mass is 224 g/mol. The second kappa shape index (κ2) is 6.17. The van der Waals surface area contributed by atoms with Gasteiger partial charge in [-0.15, -0.1) is 0 Å². The molecule has 0 heterocycles. The van der Waals surface area contributed by atoms with Crippen LogP contribution in [0.4, 0.5) is 0 Å². The van der Waals surface area contributed by atoms with Crippen LogP contribution in [0, 0.1) is 17.8 Å². The van der Waals surface area contributed by atoms with Gasteiger partial charge in [-0.1, -0.05) is 33.6 Å². The normalized spacial score (nSPS) is 30.4. The third kappa shape index (κ3) is 3.43. The van der Waals surface area contributed by atoms with Crippen molar-refractivity contribution in [2.45, 2.75) is 59.3 Å². The van der Waals surface area contributed by atoms with E-state index in [2.05, 4.69) is 20.8 Å². The Labute approximate surface area is 98.8 Å². The predicted octanol–water partition coefficient (Wildman–Crippen LogP) is 3.39. The molecule has 0 N–H and O–H groups in total. The molecule has 1 saturated carbocycles. The number of carbonyl (C=O) groups excluding carboxylic acids is 2. The molecule has 0 bridgehead atoms. The Balaban J connectivity index is 2.50. The molecule has 0 aromatic heterocycles. The molecule has 1 rings (SSSR count). The Morgan fingerprint density at radius 1 is 1.31 bits per heavy atom. The summed E-state index contributed by atoms with van der Waals surface area (Å²) in [5.74, 6) is 0.811. The molecule has 0 spiro atoms. The largest absolute Gasteiger partial charge is 0.299 e. The van der Waals surface area contributed by atoms with Gasteiger partial charge < -0.3 is 0 Å². The maximum Gasteiger partial charge on any atom is 0.143 e. The molecular weight excluding hydrogens is 200 g/mol. The average molecular weight is 224 g/mol. The van der Waals surface area contributed by atoms with E-state index in [9.17, 15) is 9.59 Å². The first-order chi connectivity index (χ1) is 7.56. The molecular formula is C14H24O2. The zero-order valence-corrected chi connectivity index (χ0v) is 10.8. The molecule has 3 atom stereocenters. The molecule has 0 aliphatic heterocycles. The molecule has 0 amide bonds. The van der Waals surface area contributed by atoms with Crippen molar-refractivity contribution in [1.29, 1.82) is 0 Å². The van der Waals surface area contributed by atoms with Gasteiger partial charge in [0.15, 0.2) is 0 Å². The first-order valence-corrected chi connectivity index (χ1v) is 6.61. The van der Waals surface area contributed by atoms with E-state index in [-0.39, 0.29) is 23.4 Å². The first-order valence-electron chi connectivity index (χ1n) is 6.61. The van der Waals surface area contributed by atoms with E-state index in [4.69, 9.17) is 0 Å². The lowest BCUT2D eigenvalue weighted by Crippen LogP contribution is -2.36. The highest BCUT2D eigenvalue weighted by atomic mass is 16.1. The number of rotatable bonds is 5. The Hall–Kier alpha value is -0.660.